The number of hydrogen-bond donors (Lipinski definition) is 2. The minimum atomic E-state index is -0.437. The fourth-order valence-corrected chi connectivity index (χ4v) is 2.22. The summed E-state index contributed by atoms with van der Waals surface area (Å²) in [7, 11) is 0. The number of nitrogens with zero attached hydrogens (tertiary/aromatic N) is 1. The molecule has 1 amide bonds. The van der Waals surface area contributed by atoms with Crippen LogP contribution in [0.5, 0.6) is 0 Å². The monoisotopic (exact) mass is 237 g/mol. The molecule has 1 aliphatic rings. The predicted molar refractivity (Wildman–Crippen MR) is 64.9 cm³/mol. The van der Waals surface area contributed by atoms with Crippen molar-refractivity contribution in [3.05, 3.63) is 11.3 Å². The van der Waals surface area contributed by atoms with Gasteiger partial charge in [-0.3, -0.25) is 10.1 Å². The van der Waals surface area contributed by atoms with Crippen LogP contribution in [0, 0.1) is 13.8 Å². The highest BCUT2D eigenvalue weighted by Gasteiger charge is 2.39. The maximum Gasteiger partial charge on any atom is 0.247 e. The van der Waals surface area contributed by atoms with Gasteiger partial charge in [-0.05, 0) is 39.7 Å². The van der Waals surface area contributed by atoms with Crippen molar-refractivity contribution in [3.63, 3.8) is 0 Å². The summed E-state index contributed by atoms with van der Waals surface area (Å²) in [5, 5.41) is 9.96. The molecule has 94 valence electrons. The van der Waals surface area contributed by atoms with E-state index in [1.165, 1.54) is 0 Å². The number of aromatic nitrogens is 1. The van der Waals surface area contributed by atoms with E-state index in [9.17, 15) is 4.79 Å². The van der Waals surface area contributed by atoms with E-state index in [-0.39, 0.29) is 5.91 Å². The maximum atomic E-state index is 12.3. The van der Waals surface area contributed by atoms with Crippen LogP contribution >= 0.6 is 0 Å². The Morgan fingerprint density at radius 1 is 1.59 bits per heavy atom. The number of nitrogens with one attached hydrogen (secondary N) is 2. The highest BCUT2D eigenvalue weighted by Crippen LogP contribution is 2.26. The SMILES string of the molecule is CCC1(C(=O)Nc2onc(C)c2C)CCCN1. The molecule has 1 aliphatic heterocycles. The van der Waals surface area contributed by atoms with E-state index in [1.807, 2.05) is 20.8 Å². The molecule has 17 heavy (non-hydrogen) atoms. The van der Waals surface area contributed by atoms with Crippen molar-refractivity contribution in [2.24, 2.45) is 0 Å². The van der Waals surface area contributed by atoms with E-state index in [1.54, 1.807) is 0 Å². The highest BCUT2D eigenvalue weighted by atomic mass is 16.5. The normalized spacial score (nSPS) is 23.9. The van der Waals surface area contributed by atoms with Gasteiger partial charge in [0.25, 0.3) is 0 Å². The van der Waals surface area contributed by atoms with Crippen LogP contribution in [-0.2, 0) is 4.79 Å². The van der Waals surface area contributed by atoms with E-state index >= 15 is 0 Å². The average Bonchev–Trinajstić information content (AvgIpc) is 2.92. The first-order chi connectivity index (χ1) is 8.09. The van der Waals surface area contributed by atoms with Crippen LogP contribution in [0.25, 0.3) is 0 Å². The van der Waals surface area contributed by atoms with Gasteiger partial charge in [0, 0.05) is 5.56 Å². The van der Waals surface area contributed by atoms with Crippen molar-refractivity contribution in [2.45, 2.75) is 45.6 Å². The smallest absolute Gasteiger partial charge is 0.247 e. The Labute approximate surface area is 101 Å². The van der Waals surface area contributed by atoms with Crippen LogP contribution in [0.1, 0.15) is 37.4 Å². The summed E-state index contributed by atoms with van der Waals surface area (Å²) in [4.78, 5) is 12.3. The molecule has 5 heteroatoms. The lowest BCUT2D eigenvalue weighted by Gasteiger charge is -2.25. The Balaban J connectivity index is 2.13. The van der Waals surface area contributed by atoms with E-state index in [0.29, 0.717) is 5.88 Å². The second kappa shape index (κ2) is 4.49. The Kier molecular flexibility index (Phi) is 3.19. The summed E-state index contributed by atoms with van der Waals surface area (Å²) in [6.07, 6.45) is 2.70. The maximum absolute atomic E-state index is 12.3. The second-order valence-electron chi connectivity index (χ2n) is 4.64. The van der Waals surface area contributed by atoms with Crippen molar-refractivity contribution < 1.29 is 9.32 Å². The molecule has 2 heterocycles. The fraction of sp³-hybridized carbons (Fsp3) is 0.667. The highest BCUT2D eigenvalue weighted by molar-refractivity contribution is 5.97. The molecule has 1 atom stereocenters. The largest absolute Gasteiger partial charge is 0.338 e. The van der Waals surface area contributed by atoms with Crippen LogP contribution < -0.4 is 10.6 Å². The van der Waals surface area contributed by atoms with Crippen LogP contribution in [0.15, 0.2) is 4.52 Å². The van der Waals surface area contributed by atoms with Gasteiger partial charge in [-0.15, -0.1) is 0 Å². The van der Waals surface area contributed by atoms with Crippen molar-refractivity contribution in [1.82, 2.24) is 10.5 Å². The van der Waals surface area contributed by atoms with E-state index in [2.05, 4.69) is 15.8 Å². The van der Waals surface area contributed by atoms with E-state index in [4.69, 9.17) is 4.52 Å². The molecule has 5 nitrogen and oxygen atoms in total. The first-order valence-corrected chi connectivity index (χ1v) is 6.08. The molecule has 2 rings (SSSR count). The van der Waals surface area contributed by atoms with Gasteiger partial charge in [0.1, 0.15) is 0 Å². The summed E-state index contributed by atoms with van der Waals surface area (Å²) in [6, 6.07) is 0. The molecule has 0 aliphatic carbocycles. The number of carbonyl (C=O) groups excluding carboxylic acids is 1. The summed E-state index contributed by atoms with van der Waals surface area (Å²) in [6.45, 7) is 6.67. The Morgan fingerprint density at radius 2 is 2.35 bits per heavy atom. The Bertz CT molecular complexity index is 419. The van der Waals surface area contributed by atoms with E-state index < -0.39 is 5.54 Å². The van der Waals surface area contributed by atoms with Gasteiger partial charge < -0.3 is 9.84 Å². The van der Waals surface area contributed by atoms with Crippen LogP contribution in [0.2, 0.25) is 0 Å². The number of anilines is 1. The van der Waals surface area contributed by atoms with Crippen molar-refractivity contribution in [1.29, 1.82) is 0 Å². The molecule has 0 radical (unpaired) electrons. The van der Waals surface area contributed by atoms with Crippen LogP contribution in [-0.4, -0.2) is 23.1 Å². The minimum absolute atomic E-state index is 0.0169. The summed E-state index contributed by atoms with van der Waals surface area (Å²) in [5.41, 5.74) is 1.26. The molecule has 1 unspecified atom stereocenters. The van der Waals surface area contributed by atoms with Gasteiger partial charge in [-0.25, -0.2) is 0 Å². The number of amides is 1. The molecule has 1 aromatic rings. The number of carbonyl (C=O) groups is 1. The fourth-order valence-electron chi connectivity index (χ4n) is 2.22. The molecule has 0 aromatic carbocycles. The summed E-state index contributed by atoms with van der Waals surface area (Å²) >= 11 is 0. The molecular weight excluding hydrogens is 218 g/mol. The van der Waals surface area contributed by atoms with Gasteiger partial charge in [0.15, 0.2) is 0 Å². The average molecular weight is 237 g/mol. The minimum Gasteiger partial charge on any atom is -0.338 e. The van der Waals surface area contributed by atoms with Gasteiger partial charge in [-0.1, -0.05) is 12.1 Å². The summed E-state index contributed by atoms with van der Waals surface area (Å²) < 4.78 is 5.11. The third kappa shape index (κ3) is 2.07. The molecule has 0 saturated carbocycles. The zero-order valence-corrected chi connectivity index (χ0v) is 10.6. The third-order valence-corrected chi connectivity index (χ3v) is 3.67. The topological polar surface area (TPSA) is 67.2 Å². The zero-order chi connectivity index (χ0) is 12.5. The van der Waals surface area contributed by atoms with Crippen LogP contribution in [0.3, 0.4) is 0 Å². The van der Waals surface area contributed by atoms with Gasteiger partial charge in [-0.2, -0.15) is 0 Å². The van der Waals surface area contributed by atoms with Crippen molar-refractivity contribution >= 4 is 11.8 Å². The zero-order valence-electron chi connectivity index (χ0n) is 10.6. The summed E-state index contributed by atoms with van der Waals surface area (Å²) in [5.74, 6) is 0.450. The molecule has 1 saturated heterocycles. The number of hydrogen-bond acceptors (Lipinski definition) is 4. The molecule has 1 fully saturated rings. The molecule has 0 bridgehead atoms. The third-order valence-electron chi connectivity index (χ3n) is 3.67. The predicted octanol–water partition coefficient (Wildman–Crippen LogP) is 1.76. The lowest BCUT2D eigenvalue weighted by Crippen LogP contribution is -2.50. The molecule has 2 N–H and O–H groups in total. The van der Waals surface area contributed by atoms with Crippen molar-refractivity contribution in [2.75, 3.05) is 11.9 Å². The van der Waals surface area contributed by atoms with Crippen molar-refractivity contribution in [3.8, 4) is 0 Å². The van der Waals surface area contributed by atoms with Crippen LogP contribution in [0.4, 0.5) is 5.88 Å². The quantitative estimate of drug-likeness (QED) is 0.840. The molecular formula is C12H19N3O2. The van der Waals surface area contributed by atoms with Gasteiger partial charge in [0.05, 0.1) is 11.2 Å². The first-order valence-electron chi connectivity index (χ1n) is 6.08. The molecule has 0 spiro atoms. The second-order valence-corrected chi connectivity index (χ2v) is 4.64. The van der Waals surface area contributed by atoms with Gasteiger partial charge >= 0.3 is 0 Å². The lowest BCUT2D eigenvalue weighted by molar-refractivity contribution is -0.122. The Hall–Kier alpha value is -1.36. The standard InChI is InChI=1S/C12H19N3O2/c1-4-12(6-5-7-13-12)11(16)14-10-8(2)9(3)15-17-10/h13H,4-7H2,1-3H3,(H,14,16). The first kappa shape index (κ1) is 12.1. The number of aryl methyl sites for hydroxylation is 1. The van der Waals surface area contributed by atoms with Gasteiger partial charge in [0.2, 0.25) is 11.8 Å². The Morgan fingerprint density at radius 3 is 2.82 bits per heavy atom. The molecule has 1 aromatic heterocycles. The number of rotatable bonds is 3. The van der Waals surface area contributed by atoms with E-state index in [0.717, 1.165) is 37.1 Å². The lowest BCUT2D eigenvalue weighted by atomic mass is 9.93.